The maximum Gasteiger partial charge on any atom is 0.229 e. The van der Waals surface area contributed by atoms with Crippen LogP contribution in [0, 0.1) is 5.82 Å². The van der Waals surface area contributed by atoms with Crippen LogP contribution in [0.3, 0.4) is 0 Å². The van der Waals surface area contributed by atoms with Crippen molar-refractivity contribution >= 4 is 17.2 Å². The number of hydrogen-bond donors (Lipinski definition) is 0. The van der Waals surface area contributed by atoms with E-state index >= 15 is 0 Å². The van der Waals surface area contributed by atoms with Crippen LogP contribution in [0.4, 0.5) is 4.39 Å². The lowest BCUT2D eigenvalue weighted by Crippen LogP contribution is -2.33. The molecule has 4 nitrogen and oxygen atoms in total. The minimum absolute atomic E-state index is 0.0645. The highest BCUT2D eigenvalue weighted by Gasteiger charge is 2.32. The zero-order chi connectivity index (χ0) is 17.9. The minimum Gasteiger partial charge on any atom is -0.335 e. The molecule has 0 saturated heterocycles. The second-order valence-corrected chi connectivity index (χ2v) is 7.27. The molecule has 0 unspecified atom stereocenters. The summed E-state index contributed by atoms with van der Waals surface area (Å²) < 4.78 is 13.1. The average Bonchev–Trinajstić information content (AvgIpc) is 3.40. The molecule has 26 heavy (non-hydrogen) atoms. The molecular weight excluding hydrogens is 349 g/mol. The molecule has 1 aliphatic rings. The number of carbonyl (C=O) groups is 1. The molecule has 3 aromatic rings. The van der Waals surface area contributed by atoms with Crippen LogP contribution in [-0.2, 0) is 17.8 Å². The van der Waals surface area contributed by atoms with Crippen LogP contribution in [0.15, 0.2) is 54.0 Å². The molecular formula is C20H18FN3OS. The molecule has 4 rings (SSSR count). The predicted molar refractivity (Wildman–Crippen MR) is 99.0 cm³/mol. The van der Waals surface area contributed by atoms with Gasteiger partial charge in [0.15, 0.2) is 0 Å². The Kier molecular flexibility index (Phi) is 4.75. The van der Waals surface area contributed by atoms with Crippen LogP contribution >= 0.6 is 11.3 Å². The van der Waals surface area contributed by atoms with E-state index in [2.05, 4.69) is 9.97 Å². The van der Waals surface area contributed by atoms with Gasteiger partial charge in [0, 0.05) is 24.2 Å². The summed E-state index contributed by atoms with van der Waals surface area (Å²) in [4.78, 5) is 23.6. The molecule has 0 atom stereocenters. The van der Waals surface area contributed by atoms with Crippen molar-refractivity contribution in [2.75, 3.05) is 0 Å². The molecule has 1 saturated carbocycles. The Hall–Kier alpha value is -2.60. The van der Waals surface area contributed by atoms with Gasteiger partial charge in [-0.2, -0.15) is 0 Å². The molecule has 0 spiro atoms. The van der Waals surface area contributed by atoms with Crippen LogP contribution in [0.2, 0.25) is 0 Å². The first-order valence-electron chi connectivity index (χ1n) is 8.59. The number of nitrogens with zero attached hydrogens (tertiary/aromatic N) is 3. The number of benzene rings is 1. The SMILES string of the molecule is O=C(Cc1csc(-c2ccccn2)n1)N(Cc1ccc(F)cc1)C1CC1. The van der Waals surface area contributed by atoms with E-state index in [9.17, 15) is 9.18 Å². The molecule has 2 heterocycles. The van der Waals surface area contributed by atoms with Crippen molar-refractivity contribution in [1.82, 2.24) is 14.9 Å². The fourth-order valence-electron chi connectivity index (χ4n) is 2.85. The summed E-state index contributed by atoms with van der Waals surface area (Å²) in [6, 6.07) is 12.3. The highest BCUT2D eigenvalue weighted by atomic mass is 32.1. The third-order valence-corrected chi connectivity index (χ3v) is 5.26. The summed E-state index contributed by atoms with van der Waals surface area (Å²) in [5.74, 6) is -0.197. The molecule has 0 bridgehead atoms. The van der Waals surface area contributed by atoms with Gasteiger partial charge in [0.05, 0.1) is 17.8 Å². The lowest BCUT2D eigenvalue weighted by atomic mass is 10.2. The van der Waals surface area contributed by atoms with Crippen molar-refractivity contribution in [1.29, 1.82) is 0 Å². The zero-order valence-electron chi connectivity index (χ0n) is 14.1. The summed E-state index contributed by atoms with van der Waals surface area (Å²) in [5.41, 5.74) is 2.53. The molecule has 2 aromatic heterocycles. The van der Waals surface area contributed by atoms with E-state index in [1.807, 2.05) is 28.5 Å². The van der Waals surface area contributed by atoms with Gasteiger partial charge in [-0.15, -0.1) is 11.3 Å². The summed E-state index contributed by atoms with van der Waals surface area (Å²) in [6.45, 7) is 0.515. The smallest absolute Gasteiger partial charge is 0.229 e. The first kappa shape index (κ1) is 16.8. The fraction of sp³-hybridized carbons (Fsp3) is 0.250. The number of rotatable bonds is 6. The first-order chi connectivity index (χ1) is 12.7. The Morgan fingerprint density at radius 2 is 2.00 bits per heavy atom. The predicted octanol–water partition coefficient (Wildman–Crippen LogP) is 4.08. The molecule has 1 aromatic carbocycles. The molecule has 0 radical (unpaired) electrons. The van der Waals surface area contributed by atoms with Gasteiger partial charge in [0.25, 0.3) is 0 Å². The molecule has 1 fully saturated rings. The summed E-state index contributed by atoms with van der Waals surface area (Å²) >= 11 is 1.50. The number of aromatic nitrogens is 2. The maximum absolute atomic E-state index is 13.1. The fourth-order valence-corrected chi connectivity index (χ4v) is 3.64. The third kappa shape index (κ3) is 3.96. The first-order valence-corrected chi connectivity index (χ1v) is 9.47. The van der Waals surface area contributed by atoms with Gasteiger partial charge < -0.3 is 4.90 Å². The van der Waals surface area contributed by atoms with Crippen molar-refractivity contribution < 1.29 is 9.18 Å². The quantitative estimate of drug-likeness (QED) is 0.660. The van der Waals surface area contributed by atoms with Crippen molar-refractivity contribution in [3.8, 4) is 10.7 Å². The highest BCUT2D eigenvalue weighted by molar-refractivity contribution is 7.13. The summed E-state index contributed by atoms with van der Waals surface area (Å²) in [6.07, 6.45) is 4.08. The van der Waals surface area contributed by atoms with E-state index in [1.165, 1.54) is 23.5 Å². The van der Waals surface area contributed by atoms with Gasteiger partial charge in [-0.1, -0.05) is 18.2 Å². The molecule has 132 valence electrons. The largest absolute Gasteiger partial charge is 0.335 e. The van der Waals surface area contributed by atoms with Gasteiger partial charge in [-0.25, -0.2) is 9.37 Å². The van der Waals surface area contributed by atoms with Crippen LogP contribution in [0.1, 0.15) is 24.1 Å². The molecule has 0 N–H and O–H groups in total. The average molecular weight is 367 g/mol. The summed E-state index contributed by atoms with van der Waals surface area (Å²) in [7, 11) is 0. The van der Waals surface area contributed by atoms with Gasteiger partial charge in [-0.05, 0) is 42.7 Å². The number of thiazole rings is 1. The molecule has 1 aliphatic carbocycles. The number of halogens is 1. The van der Waals surface area contributed by atoms with Crippen molar-refractivity contribution in [2.45, 2.75) is 31.8 Å². The third-order valence-electron chi connectivity index (χ3n) is 4.34. The Labute approximate surface area is 155 Å². The van der Waals surface area contributed by atoms with E-state index in [1.54, 1.807) is 18.3 Å². The van der Waals surface area contributed by atoms with Gasteiger partial charge >= 0.3 is 0 Å². The highest BCUT2D eigenvalue weighted by Crippen LogP contribution is 2.29. The van der Waals surface area contributed by atoms with Crippen molar-refractivity contribution in [3.63, 3.8) is 0 Å². The van der Waals surface area contributed by atoms with Gasteiger partial charge in [0.1, 0.15) is 10.8 Å². The Morgan fingerprint density at radius 3 is 2.69 bits per heavy atom. The topological polar surface area (TPSA) is 46.1 Å². The molecule has 0 aliphatic heterocycles. The second kappa shape index (κ2) is 7.33. The number of hydrogen-bond acceptors (Lipinski definition) is 4. The second-order valence-electron chi connectivity index (χ2n) is 6.42. The van der Waals surface area contributed by atoms with Crippen LogP contribution in [0.5, 0.6) is 0 Å². The lowest BCUT2D eigenvalue weighted by molar-refractivity contribution is -0.131. The van der Waals surface area contributed by atoms with Gasteiger partial charge in [0.2, 0.25) is 5.91 Å². The molecule has 6 heteroatoms. The molecule has 1 amide bonds. The number of amides is 1. The zero-order valence-corrected chi connectivity index (χ0v) is 15.0. The van der Waals surface area contributed by atoms with E-state index in [0.717, 1.165) is 34.8 Å². The lowest BCUT2D eigenvalue weighted by Gasteiger charge is -2.22. The number of pyridine rings is 1. The minimum atomic E-state index is -0.262. The standard InChI is InChI=1S/C20H18FN3OS/c21-15-6-4-14(5-7-15)12-24(17-8-9-17)19(25)11-16-13-26-20(23-16)18-3-1-2-10-22-18/h1-7,10,13,17H,8-9,11-12H2. The monoisotopic (exact) mass is 367 g/mol. The Morgan fingerprint density at radius 1 is 1.19 bits per heavy atom. The van der Waals surface area contributed by atoms with Crippen LogP contribution in [0.25, 0.3) is 10.7 Å². The Bertz CT molecular complexity index is 891. The van der Waals surface area contributed by atoms with E-state index in [-0.39, 0.29) is 18.1 Å². The maximum atomic E-state index is 13.1. The van der Waals surface area contributed by atoms with Crippen molar-refractivity contribution in [2.24, 2.45) is 0 Å². The van der Waals surface area contributed by atoms with E-state index in [4.69, 9.17) is 0 Å². The Balaban J connectivity index is 1.45. The van der Waals surface area contributed by atoms with Crippen molar-refractivity contribution in [3.05, 3.63) is 71.1 Å². The van der Waals surface area contributed by atoms with E-state index < -0.39 is 0 Å². The van der Waals surface area contributed by atoms with Gasteiger partial charge in [-0.3, -0.25) is 9.78 Å². The number of carbonyl (C=O) groups excluding carboxylic acids is 1. The summed E-state index contributed by atoms with van der Waals surface area (Å²) in [5, 5.41) is 2.75. The van der Waals surface area contributed by atoms with Crippen LogP contribution in [-0.4, -0.2) is 26.8 Å². The normalized spacial score (nSPS) is 13.6. The van der Waals surface area contributed by atoms with Crippen LogP contribution < -0.4 is 0 Å². The van der Waals surface area contributed by atoms with E-state index in [0.29, 0.717) is 12.6 Å².